The molecule has 1 aliphatic heterocycles. The monoisotopic (exact) mass is 342 g/mol. The van der Waals surface area contributed by atoms with Crippen LogP contribution in [-0.2, 0) is 16.0 Å². The number of amides is 1. The van der Waals surface area contributed by atoms with Crippen molar-refractivity contribution in [2.75, 3.05) is 19.7 Å². The normalized spacial score (nSPS) is 32.3. The first-order chi connectivity index (χ1) is 12.2. The number of nitrogens with two attached hydrogens (primary N) is 1. The van der Waals surface area contributed by atoms with Crippen LogP contribution < -0.4 is 5.73 Å². The molecule has 1 aromatic carbocycles. The number of nitrogens with zero attached hydrogens (tertiary/aromatic N) is 1. The second-order valence-corrected chi connectivity index (χ2v) is 8.07. The van der Waals surface area contributed by atoms with Gasteiger partial charge in [-0.25, -0.2) is 0 Å². The van der Waals surface area contributed by atoms with Crippen LogP contribution in [0.1, 0.15) is 37.7 Å². The SMILES string of the molecule is NC1C2CCC(C2)C1C(=O)N1CCC(OCCc2ccccc2)CC1. The van der Waals surface area contributed by atoms with E-state index in [1.54, 1.807) is 0 Å². The molecule has 2 saturated carbocycles. The quantitative estimate of drug-likeness (QED) is 0.895. The number of likely N-dealkylation sites (tertiary alicyclic amines) is 1. The van der Waals surface area contributed by atoms with Crippen molar-refractivity contribution < 1.29 is 9.53 Å². The van der Waals surface area contributed by atoms with Gasteiger partial charge in [0.05, 0.1) is 18.6 Å². The van der Waals surface area contributed by atoms with Gasteiger partial charge in [-0.05, 0) is 55.9 Å². The number of rotatable bonds is 5. The van der Waals surface area contributed by atoms with E-state index < -0.39 is 0 Å². The molecule has 4 nitrogen and oxygen atoms in total. The predicted molar refractivity (Wildman–Crippen MR) is 98.0 cm³/mol. The van der Waals surface area contributed by atoms with Crippen molar-refractivity contribution in [1.82, 2.24) is 4.90 Å². The van der Waals surface area contributed by atoms with E-state index >= 15 is 0 Å². The first-order valence-corrected chi connectivity index (χ1v) is 9.92. The van der Waals surface area contributed by atoms with E-state index in [0.717, 1.165) is 39.0 Å². The molecule has 4 unspecified atom stereocenters. The minimum absolute atomic E-state index is 0.0919. The van der Waals surface area contributed by atoms with Crippen molar-refractivity contribution in [1.29, 1.82) is 0 Å². The molecule has 25 heavy (non-hydrogen) atoms. The number of benzene rings is 1. The van der Waals surface area contributed by atoms with Gasteiger partial charge in [0.2, 0.25) is 5.91 Å². The van der Waals surface area contributed by atoms with Crippen molar-refractivity contribution >= 4 is 5.91 Å². The lowest BCUT2D eigenvalue weighted by Crippen LogP contribution is -2.50. The summed E-state index contributed by atoms with van der Waals surface area (Å²) < 4.78 is 6.05. The Kier molecular flexibility index (Phi) is 5.09. The van der Waals surface area contributed by atoms with Crippen LogP contribution in [0, 0.1) is 17.8 Å². The molecule has 0 radical (unpaired) electrons. The van der Waals surface area contributed by atoms with Crippen LogP contribution in [0.2, 0.25) is 0 Å². The maximum atomic E-state index is 12.9. The summed E-state index contributed by atoms with van der Waals surface area (Å²) in [5.74, 6) is 1.56. The van der Waals surface area contributed by atoms with Gasteiger partial charge in [0, 0.05) is 19.1 Å². The van der Waals surface area contributed by atoms with Crippen molar-refractivity contribution in [2.24, 2.45) is 23.5 Å². The topological polar surface area (TPSA) is 55.6 Å². The minimum atomic E-state index is 0.0919. The standard InChI is InChI=1S/C21H30N2O2/c22-20-17-7-6-16(14-17)19(20)21(24)23-11-8-18(9-12-23)25-13-10-15-4-2-1-3-5-15/h1-5,16-20H,6-14,22H2. The summed E-state index contributed by atoms with van der Waals surface area (Å²) in [5.41, 5.74) is 7.67. The summed E-state index contributed by atoms with van der Waals surface area (Å²) in [7, 11) is 0. The Morgan fingerprint density at radius 3 is 2.48 bits per heavy atom. The Balaban J connectivity index is 1.21. The Hall–Kier alpha value is -1.39. The molecule has 2 aliphatic carbocycles. The number of carbonyl (C=O) groups is 1. The average molecular weight is 342 g/mol. The highest BCUT2D eigenvalue weighted by atomic mass is 16.5. The van der Waals surface area contributed by atoms with Crippen LogP contribution >= 0.6 is 0 Å². The molecule has 1 amide bonds. The molecule has 4 rings (SSSR count). The van der Waals surface area contributed by atoms with E-state index in [4.69, 9.17) is 10.5 Å². The van der Waals surface area contributed by atoms with E-state index in [9.17, 15) is 4.79 Å². The Bertz CT molecular complexity index is 581. The Morgan fingerprint density at radius 1 is 1.08 bits per heavy atom. The van der Waals surface area contributed by atoms with Crippen LogP contribution in [0.25, 0.3) is 0 Å². The lowest BCUT2D eigenvalue weighted by molar-refractivity contribution is -0.140. The zero-order chi connectivity index (χ0) is 17.2. The molecule has 1 saturated heterocycles. The second-order valence-electron chi connectivity index (χ2n) is 8.07. The minimum Gasteiger partial charge on any atom is -0.378 e. The average Bonchev–Trinajstić information content (AvgIpc) is 3.24. The molecular formula is C21H30N2O2. The van der Waals surface area contributed by atoms with Crippen LogP contribution in [-0.4, -0.2) is 42.6 Å². The highest BCUT2D eigenvalue weighted by molar-refractivity contribution is 5.80. The van der Waals surface area contributed by atoms with Gasteiger partial charge < -0.3 is 15.4 Å². The van der Waals surface area contributed by atoms with Crippen molar-refractivity contribution in [2.45, 2.75) is 50.7 Å². The van der Waals surface area contributed by atoms with E-state index in [0.29, 0.717) is 23.8 Å². The molecule has 3 aliphatic rings. The van der Waals surface area contributed by atoms with Crippen molar-refractivity contribution in [3.63, 3.8) is 0 Å². The smallest absolute Gasteiger partial charge is 0.227 e. The predicted octanol–water partition coefficient (Wildman–Crippen LogP) is 2.61. The first kappa shape index (κ1) is 17.0. The van der Waals surface area contributed by atoms with Gasteiger partial charge in [-0.3, -0.25) is 4.79 Å². The van der Waals surface area contributed by atoms with E-state index in [1.165, 1.54) is 24.8 Å². The van der Waals surface area contributed by atoms with Crippen LogP contribution in [0.3, 0.4) is 0 Å². The highest BCUT2D eigenvalue weighted by Gasteiger charge is 2.50. The van der Waals surface area contributed by atoms with E-state index in [2.05, 4.69) is 29.2 Å². The molecule has 0 aromatic heterocycles. The fraction of sp³-hybridized carbons (Fsp3) is 0.667. The van der Waals surface area contributed by atoms with Gasteiger partial charge in [-0.2, -0.15) is 0 Å². The molecule has 0 spiro atoms. The highest BCUT2D eigenvalue weighted by Crippen LogP contribution is 2.48. The molecule has 4 atom stereocenters. The van der Waals surface area contributed by atoms with Gasteiger partial charge in [0.1, 0.15) is 0 Å². The third-order valence-corrected chi connectivity index (χ3v) is 6.61. The van der Waals surface area contributed by atoms with E-state index in [-0.39, 0.29) is 12.0 Å². The van der Waals surface area contributed by atoms with Gasteiger partial charge in [-0.15, -0.1) is 0 Å². The molecular weight excluding hydrogens is 312 g/mol. The number of hydrogen-bond donors (Lipinski definition) is 1. The molecule has 136 valence electrons. The fourth-order valence-electron chi connectivity index (χ4n) is 5.14. The summed E-state index contributed by atoms with van der Waals surface area (Å²) in [6.45, 7) is 2.42. The lowest BCUT2D eigenvalue weighted by Gasteiger charge is -2.37. The summed E-state index contributed by atoms with van der Waals surface area (Å²) >= 11 is 0. The first-order valence-electron chi connectivity index (χ1n) is 9.92. The lowest BCUT2D eigenvalue weighted by atomic mass is 9.83. The van der Waals surface area contributed by atoms with Crippen LogP contribution in [0.4, 0.5) is 0 Å². The summed E-state index contributed by atoms with van der Waals surface area (Å²) in [4.78, 5) is 15.0. The van der Waals surface area contributed by atoms with Crippen LogP contribution in [0.15, 0.2) is 30.3 Å². The summed E-state index contributed by atoms with van der Waals surface area (Å²) in [5, 5.41) is 0. The number of ether oxygens (including phenoxy) is 1. The number of hydrogen-bond acceptors (Lipinski definition) is 3. The van der Waals surface area contributed by atoms with Crippen LogP contribution in [0.5, 0.6) is 0 Å². The third kappa shape index (κ3) is 3.61. The molecule has 3 fully saturated rings. The molecule has 2 N–H and O–H groups in total. The summed E-state index contributed by atoms with van der Waals surface area (Å²) in [6, 6.07) is 10.6. The Labute approximate surface area is 150 Å². The zero-order valence-electron chi connectivity index (χ0n) is 15.0. The molecule has 1 heterocycles. The summed E-state index contributed by atoms with van der Waals surface area (Å²) in [6.07, 6.45) is 6.77. The largest absolute Gasteiger partial charge is 0.378 e. The number of carbonyl (C=O) groups excluding carboxylic acids is 1. The second kappa shape index (κ2) is 7.46. The molecule has 1 aromatic rings. The maximum absolute atomic E-state index is 12.9. The third-order valence-electron chi connectivity index (χ3n) is 6.61. The van der Waals surface area contributed by atoms with Gasteiger partial charge in [0.15, 0.2) is 0 Å². The molecule has 4 heteroatoms. The number of fused-ring (bicyclic) bond motifs is 2. The fourth-order valence-corrected chi connectivity index (χ4v) is 5.14. The zero-order valence-corrected chi connectivity index (χ0v) is 15.0. The van der Waals surface area contributed by atoms with E-state index in [1.807, 2.05) is 6.07 Å². The van der Waals surface area contributed by atoms with Gasteiger partial charge in [-0.1, -0.05) is 30.3 Å². The maximum Gasteiger partial charge on any atom is 0.227 e. The molecule has 2 bridgehead atoms. The van der Waals surface area contributed by atoms with Crippen molar-refractivity contribution in [3.05, 3.63) is 35.9 Å². The van der Waals surface area contributed by atoms with Crippen molar-refractivity contribution in [3.8, 4) is 0 Å². The Morgan fingerprint density at radius 2 is 1.80 bits per heavy atom. The van der Waals surface area contributed by atoms with Gasteiger partial charge in [0.25, 0.3) is 0 Å². The number of piperidine rings is 1. The van der Waals surface area contributed by atoms with Gasteiger partial charge >= 0.3 is 0 Å².